The van der Waals surface area contributed by atoms with Gasteiger partial charge in [0.2, 0.25) is 0 Å². The molecule has 1 heterocycles. The molecular formula is C14H18N2O2. The van der Waals surface area contributed by atoms with Crippen LogP contribution in [0.5, 0.6) is 0 Å². The van der Waals surface area contributed by atoms with Gasteiger partial charge in [0.1, 0.15) is 0 Å². The number of aromatic nitrogens is 1. The van der Waals surface area contributed by atoms with Gasteiger partial charge in [0.15, 0.2) is 5.58 Å². The molecule has 0 bridgehead atoms. The number of aryl methyl sites for hydroxylation is 1. The molecule has 1 fully saturated rings. The van der Waals surface area contributed by atoms with E-state index in [0.717, 1.165) is 24.5 Å². The first-order chi connectivity index (χ1) is 8.81. The van der Waals surface area contributed by atoms with Crippen LogP contribution in [0.2, 0.25) is 0 Å². The van der Waals surface area contributed by atoms with Crippen LogP contribution in [0.25, 0.3) is 11.1 Å². The zero-order valence-corrected chi connectivity index (χ0v) is 10.4. The minimum absolute atomic E-state index is 0.379. The summed E-state index contributed by atoms with van der Waals surface area (Å²) in [5, 5.41) is 3.51. The van der Waals surface area contributed by atoms with Gasteiger partial charge in [0, 0.05) is 6.04 Å². The van der Waals surface area contributed by atoms with E-state index in [1.54, 1.807) is 0 Å². The quantitative estimate of drug-likeness (QED) is 0.768. The Labute approximate surface area is 105 Å². The minimum atomic E-state index is -0.379. The average Bonchev–Trinajstić information content (AvgIpc) is 3.09. The number of hydrogen-bond donors (Lipinski definition) is 2. The van der Waals surface area contributed by atoms with Crippen molar-refractivity contribution in [3.8, 4) is 0 Å². The fraction of sp³-hybridized carbons (Fsp3) is 0.500. The number of oxazole rings is 1. The van der Waals surface area contributed by atoms with E-state index in [9.17, 15) is 4.79 Å². The first kappa shape index (κ1) is 11.5. The lowest BCUT2D eigenvalue weighted by molar-refractivity contribution is 0.555. The van der Waals surface area contributed by atoms with E-state index in [2.05, 4.69) is 16.4 Å². The summed E-state index contributed by atoms with van der Waals surface area (Å²) in [6.45, 7) is 1.12. The Morgan fingerprint density at radius 2 is 2.22 bits per heavy atom. The van der Waals surface area contributed by atoms with Crippen molar-refractivity contribution in [1.82, 2.24) is 10.3 Å². The smallest absolute Gasteiger partial charge is 0.408 e. The first-order valence-electron chi connectivity index (χ1n) is 6.66. The number of hydrogen-bond acceptors (Lipinski definition) is 3. The third-order valence-corrected chi connectivity index (χ3v) is 3.39. The van der Waals surface area contributed by atoms with Gasteiger partial charge in [-0.15, -0.1) is 0 Å². The van der Waals surface area contributed by atoms with Gasteiger partial charge in [-0.2, -0.15) is 0 Å². The van der Waals surface area contributed by atoms with E-state index >= 15 is 0 Å². The van der Waals surface area contributed by atoms with Crippen molar-refractivity contribution in [2.24, 2.45) is 0 Å². The van der Waals surface area contributed by atoms with Gasteiger partial charge >= 0.3 is 5.76 Å². The molecule has 2 aromatic rings. The second kappa shape index (κ2) is 4.98. The van der Waals surface area contributed by atoms with E-state index in [-0.39, 0.29) is 5.76 Å². The van der Waals surface area contributed by atoms with Crippen molar-refractivity contribution in [2.75, 3.05) is 6.54 Å². The highest BCUT2D eigenvalue weighted by atomic mass is 16.4. The molecule has 0 radical (unpaired) electrons. The molecule has 2 N–H and O–H groups in total. The van der Waals surface area contributed by atoms with E-state index < -0.39 is 0 Å². The number of unbranched alkanes of at least 4 members (excludes halogenated alkanes) is 1. The molecule has 96 valence electrons. The molecule has 1 aliphatic rings. The standard InChI is InChI=1S/C14H18N2O2/c17-14-16-12-7-4-10(9-13(12)18-14)3-1-2-8-15-11-5-6-11/h4,7,9,11,15H,1-3,5-6,8H2,(H,16,17). The second-order valence-corrected chi connectivity index (χ2v) is 5.03. The lowest BCUT2D eigenvalue weighted by Gasteiger charge is -2.03. The summed E-state index contributed by atoms with van der Waals surface area (Å²) >= 11 is 0. The molecule has 0 amide bonds. The molecule has 1 aromatic carbocycles. The zero-order chi connectivity index (χ0) is 12.4. The minimum Gasteiger partial charge on any atom is -0.408 e. The number of nitrogens with one attached hydrogen (secondary N) is 2. The summed E-state index contributed by atoms with van der Waals surface area (Å²) in [6, 6.07) is 6.73. The summed E-state index contributed by atoms with van der Waals surface area (Å²) in [7, 11) is 0. The van der Waals surface area contributed by atoms with Gasteiger partial charge in [-0.25, -0.2) is 4.79 Å². The summed E-state index contributed by atoms with van der Waals surface area (Å²) in [5.41, 5.74) is 2.67. The van der Waals surface area contributed by atoms with Gasteiger partial charge < -0.3 is 9.73 Å². The summed E-state index contributed by atoms with van der Waals surface area (Å²) in [6.07, 6.45) is 6.11. The molecule has 1 saturated carbocycles. The van der Waals surface area contributed by atoms with Gasteiger partial charge in [0.25, 0.3) is 0 Å². The number of fused-ring (bicyclic) bond motifs is 1. The van der Waals surface area contributed by atoms with Crippen LogP contribution in [0.15, 0.2) is 27.4 Å². The Morgan fingerprint density at radius 3 is 3.06 bits per heavy atom. The third-order valence-electron chi connectivity index (χ3n) is 3.39. The summed E-state index contributed by atoms with van der Waals surface area (Å²) in [5.74, 6) is -0.379. The highest BCUT2D eigenvalue weighted by Crippen LogP contribution is 2.18. The van der Waals surface area contributed by atoms with Crippen molar-refractivity contribution in [3.63, 3.8) is 0 Å². The van der Waals surface area contributed by atoms with E-state index in [4.69, 9.17) is 4.42 Å². The maximum Gasteiger partial charge on any atom is 0.417 e. The molecule has 3 rings (SSSR count). The number of aromatic amines is 1. The van der Waals surface area contributed by atoms with E-state index in [1.165, 1.54) is 31.2 Å². The van der Waals surface area contributed by atoms with Crippen LogP contribution in [-0.4, -0.2) is 17.6 Å². The molecule has 1 aliphatic carbocycles. The fourth-order valence-corrected chi connectivity index (χ4v) is 2.19. The highest BCUT2D eigenvalue weighted by Gasteiger charge is 2.19. The SMILES string of the molecule is O=c1[nH]c2ccc(CCCCNC3CC3)cc2o1. The number of H-pyrrole nitrogens is 1. The van der Waals surface area contributed by atoms with Crippen LogP contribution >= 0.6 is 0 Å². The molecule has 4 nitrogen and oxygen atoms in total. The molecule has 0 spiro atoms. The molecule has 0 unspecified atom stereocenters. The predicted octanol–water partition coefficient (Wildman–Crippen LogP) is 2.20. The molecule has 4 heteroatoms. The van der Waals surface area contributed by atoms with Crippen LogP contribution in [0.3, 0.4) is 0 Å². The fourth-order valence-electron chi connectivity index (χ4n) is 2.19. The Morgan fingerprint density at radius 1 is 1.33 bits per heavy atom. The van der Waals surface area contributed by atoms with Crippen molar-refractivity contribution < 1.29 is 4.42 Å². The Kier molecular flexibility index (Phi) is 3.19. The van der Waals surface area contributed by atoms with Gasteiger partial charge in [-0.1, -0.05) is 6.07 Å². The molecule has 0 saturated heterocycles. The van der Waals surface area contributed by atoms with Crippen LogP contribution in [0.1, 0.15) is 31.2 Å². The Balaban J connectivity index is 1.51. The monoisotopic (exact) mass is 246 g/mol. The van der Waals surface area contributed by atoms with Gasteiger partial charge in [0.05, 0.1) is 5.52 Å². The first-order valence-corrected chi connectivity index (χ1v) is 6.66. The number of benzene rings is 1. The normalized spacial score (nSPS) is 15.3. The maximum atomic E-state index is 11.0. The van der Waals surface area contributed by atoms with Crippen LogP contribution in [0, 0.1) is 0 Å². The van der Waals surface area contributed by atoms with Crippen LogP contribution < -0.4 is 11.1 Å². The topological polar surface area (TPSA) is 58.0 Å². The largest absolute Gasteiger partial charge is 0.417 e. The molecule has 0 atom stereocenters. The van der Waals surface area contributed by atoms with Gasteiger partial charge in [-0.3, -0.25) is 4.98 Å². The highest BCUT2D eigenvalue weighted by molar-refractivity contribution is 5.72. The third kappa shape index (κ3) is 2.82. The zero-order valence-electron chi connectivity index (χ0n) is 10.4. The van der Waals surface area contributed by atoms with Crippen molar-refractivity contribution >= 4 is 11.1 Å². The Hall–Kier alpha value is -1.55. The van der Waals surface area contributed by atoms with E-state index in [0.29, 0.717) is 5.58 Å². The molecular weight excluding hydrogens is 228 g/mol. The lowest BCUT2D eigenvalue weighted by atomic mass is 10.1. The predicted molar refractivity (Wildman–Crippen MR) is 70.8 cm³/mol. The lowest BCUT2D eigenvalue weighted by Crippen LogP contribution is -2.17. The average molecular weight is 246 g/mol. The molecule has 0 aliphatic heterocycles. The van der Waals surface area contributed by atoms with Crippen LogP contribution in [-0.2, 0) is 6.42 Å². The van der Waals surface area contributed by atoms with Crippen LogP contribution in [0.4, 0.5) is 0 Å². The van der Waals surface area contributed by atoms with Crippen molar-refractivity contribution in [1.29, 1.82) is 0 Å². The number of rotatable bonds is 6. The van der Waals surface area contributed by atoms with Crippen molar-refractivity contribution in [3.05, 3.63) is 34.3 Å². The van der Waals surface area contributed by atoms with Crippen molar-refractivity contribution in [2.45, 2.75) is 38.1 Å². The second-order valence-electron chi connectivity index (χ2n) is 5.03. The van der Waals surface area contributed by atoms with Gasteiger partial charge in [-0.05, 0) is 56.3 Å². The van der Waals surface area contributed by atoms with E-state index in [1.807, 2.05) is 12.1 Å². The Bertz CT molecular complexity index is 581. The molecule has 18 heavy (non-hydrogen) atoms. The maximum absolute atomic E-state index is 11.0. The summed E-state index contributed by atoms with van der Waals surface area (Å²) < 4.78 is 5.05. The molecule has 1 aromatic heterocycles. The summed E-state index contributed by atoms with van der Waals surface area (Å²) in [4.78, 5) is 13.7.